The Hall–Kier alpha value is -2.98. The quantitative estimate of drug-likeness (QED) is 0.244. The van der Waals surface area contributed by atoms with Crippen molar-refractivity contribution in [2.45, 2.75) is 26.2 Å². The summed E-state index contributed by atoms with van der Waals surface area (Å²) < 4.78 is 11.6. The number of likely N-dealkylation sites (tertiary alicyclic amines) is 1. The van der Waals surface area contributed by atoms with Crippen molar-refractivity contribution in [3.8, 4) is 28.7 Å². The third kappa shape index (κ3) is 5.80. The molecule has 1 N–H and O–H groups in total. The van der Waals surface area contributed by atoms with Crippen LogP contribution >= 0.6 is 0 Å². The topological polar surface area (TPSA) is 86.7 Å². The van der Waals surface area contributed by atoms with Gasteiger partial charge in [-0.2, -0.15) is 35.1 Å². The summed E-state index contributed by atoms with van der Waals surface area (Å²) in [5.74, 6) is 0.592. The molecule has 37 heavy (non-hydrogen) atoms. The van der Waals surface area contributed by atoms with E-state index in [1.807, 2.05) is 49.4 Å². The predicted molar refractivity (Wildman–Crippen MR) is 138 cm³/mol. The van der Waals surface area contributed by atoms with Crippen LogP contribution in [0.5, 0.6) is 11.5 Å². The zero-order valence-electron chi connectivity index (χ0n) is 20.8. The molecular formula is C30H27N2O4Y-. The van der Waals surface area contributed by atoms with E-state index >= 15 is 0 Å². The number of hydrogen-bond acceptors (Lipinski definition) is 6. The van der Waals surface area contributed by atoms with Crippen molar-refractivity contribution in [1.29, 1.82) is 5.26 Å². The Kier molecular flexibility index (Phi) is 8.81. The Bertz CT molecular complexity index is 1500. The molecule has 185 valence electrons. The first-order valence-electron chi connectivity index (χ1n) is 12.2. The number of hydrogen-bond donors (Lipinski definition) is 1. The number of fused-ring (bicyclic) bond motifs is 1. The Labute approximate surface area is 241 Å². The summed E-state index contributed by atoms with van der Waals surface area (Å²) in [6, 6.07) is 21.5. The van der Waals surface area contributed by atoms with Crippen molar-refractivity contribution in [1.82, 2.24) is 4.90 Å². The molecule has 0 saturated carbocycles. The molecule has 0 spiro atoms. The molecule has 0 amide bonds. The fraction of sp³-hybridized carbons (Fsp3) is 0.267. The third-order valence-electron chi connectivity index (χ3n) is 6.79. The van der Waals surface area contributed by atoms with Gasteiger partial charge in [0.15, 0.2) is 5.58 Å². The van der Waals surface area contributed by atoms with Gasteiger partial charge >= 0.3 is 5.63 Å². The molecule has 0 atom stereocenters. The first kappa shape index (κ1) is 27.1. The average molecular weight is 568 g/mol. The zero-order chi connectivity index (χ0) is 25.1. The summed E-state index contributed by atoms with van der Waals surface area (Å²) >= 11 is 0. The van der Waals surface area contributed by atoms with Gasteiger partial charge in [-0.25, -0.2) is 4.79 Å². The molecule has 5 rings (SSSR count). The Morgan fingerprint density at radius 2 is 1.89 bits per heavy atom. The molecule has 4 aromatic rings. The fourth-order valence-electron chi connectivity index (χ4n) is 4.88. The maximum absolute atomic E-state index is 13.3. The van der Waals surface area contributed by atoms with Crippen LogP contribution in [0.2, 0.25) is 0 Å². The van der Waals surface area contributed by atoms with Crippen LogP contribution in [0, 0.1) is 24.3 Å². The van der Waals surface area contributed by atoms with Crippen LogP contribution in [0.4, 0.5) is 0 Å². The van der Waals surface area contributed by atoms with E-state index in [1.165, 1.54) is 18.9 Å². The van der Waals surface area contributed by atoms with Gasteiger partial charge in [-0.1, -0.05) is 19.1 Å². The van der Waals surface area contributed by atoms with Crippen LogP contribution < -0.4 is 10.4 Å². The van der Waals surface area contributed by atoms with E-state index in [0.717, 1.165) is 47.6 Å². The molecular weight excluding hydrogens is 541 g/mol. The van der Waals surface area contributed by atoms with Crippen LogP contribution in [0.3, 0.4) is 0 Å². The van der Waals surface area contributed by atoms with E-state index < -0.39 is 5.63 Å². The molecule has 1 aromatic heterocycles. The molecule has 1 fully saturated rings. The molecule has 1 aliphatic rings. The Balaban J connectivity index is 0.00000320. The number of aromatic hydroxyl groups is 1. The van der Waals surface area contributed by atoms with Gasteiger partial charge in [0.1, 0.15) is 29.7 Å². The number of nitriles is 1. The van der Waals surface area contributed by atoms with Gasteiger partial charge in [-0.3, -0.25) is 4.90 Å². The van der Waals surface area contributed by atoms with E-state index in [0.29, 0.717) is 24.0 Å². The van der Waals surface area contributed by atoms with Gasteiger partial charge in [0.25, 0.3) is 0 Å². The number of benzene rings is 3. The Morgan fingerprint density at radius 1 is 1.14 bits per heavy atom. The summed E-state index contributed by atoms with van der Waals surface area (Å²) in [5.41, 5.74) is 3.35. The summed E-state index contributed by atoms with van der Waals surface area (Å²) in [5, 5.41) is 20.4. The maximum Gasteiger partial charge on any atom is 0.342 e. The summed E-state index contributed by atoms with van der Waals surface area (Å²) in [4.78, 5) is 15.7. The second kappa shape index (κ2) is 12.0. The minimum absolute atomic E-state index is 0. The fourth-order valence-corrected chi connectivity index (χ4v) is 4.88. The van der Waals surface area contributed by atoms with E-state index in [1.54, 1.807) is 12.1 Å². The molecule has 0 bridgehead atoms. The van der Waals surface area contributed by atoms with Crippen LogP contribution in [0.25, 0.3) is 22.1 Å². The molecule has 0 aliphatic carbocycles. The molecule has 6 nitrogen and oxygen atoms in total. The number of phenolic OH excluding ortho intramolecular Hbond substituents is 1. The van der Waals surface area contributed by atoms with Gasteiger partial charge in [0, 0.05) is 50.2 Å². The number of phenols is 1. The monoisotopic (exact) mass is 568 g/mol. The van der Waals surface area contributed by atoms with E-state index in [2.05, 4.69) is 11.0 Å². The molecule has 2 heterocycles. The number of rotatable bonds is 7. The van der Waals surface area contributed by atoms with Gasteiger partial charge in [0.2, 0.25) is 0 Å². The van der Waals surface area contributed by atoms with Crippen LogP contribution in [-0.2, 0) is 39.1 Å². The predicted octanol–water partition coefficient (Wildman–Crippen LogP) is 5.21. The van der Waals surface area contributed by atoms with Crippen molar-refractivity contribution in [3.05, 3.63) is 93.3 Å². The normalized spacial score (nSPS) is 13.3. The molecule has 1 radical (unpaired) electrons. The van der Waals surface area contributed by atoms with Crippen LogP contribution in [-0.4, -0.2) is 36.2 Å². The number of ether oxygens (including phenoxy) is 1. The zero-order valence-corrected chi connectivity index (χ0v) is 23.6. The molecule has 3 aromatic carbocycles. The molecule has 1 aliphatic heterocycles. The number of nitrogens with zero attached hydrogens (tertiary/aromatic N) is 2. The van der Waals surface area contributed by atoms with E-state index in [9.17, 15) is 15.2 Å². The van der Waals surface area contributed by atoms with Crippen molar-refractivity contribution < 1.29 is 47.0 Å². The molecule has 0 unspecified atom stereocenters. The summed E-state index contributed by atoms with van der Waals surface area (Å²) in [6.45, 7) is 5.80. The Morgan fingerprint density at radius 3 is 2.59 bits per heavy atom. The van der Waals surface area contributed by atoms with Crippen LogP contribution in [0.15, 0.2) is 63.8 Å². The first-order valence-corrected chi connectivity index (χ1v) is 12.2. The molecule has 7 heteroatoms. The minimum atomic E-state index is -0.546. The third-order valence-corrected chi connectivity index (χ3v) is 6.79. The minimum Gasteiger partial charge on any atom is -0.506 e. The van der Waals surface area contributed by atoms with Crippen molar-refractivity contribution in [2.75, 3.05) is 26.2 Å². The summed E-state index contributed by atoms with van der Waals surface area (Å²) in [7, 11) is 0. The van der Waals surface area contributed by atoms with Gasteiger partial charge in [-0.05, 0) is 67.7 Å². The largest absolute Gasteiger partial charge is 0.506 e. The van der Waals surface area contributed by atoms with Crippen molar-refractivity contribution >= 4 is 11.0 Å². The van der Waals surface area contributed by atoms with E-state index in [-0.39, 0.29) is 49.6 Å². The molecule has 1 saturated heterocycles. The van der Waals surface area contributed by atoms with Gasteiger partial charge in [0.05, 0.1) is 0 Å². The van der Waals surface area contributed by atoms with Crippen LogP contribution in [0.1, 0.15) is 35.1 Å². The SMILES string of the molecule is Cc1c[c-]ccc1-c1c(Cc2ccc(OCCN3CCCC3)cc2)c2ccc(O)c(C#N)c2oc1=O.[Y]. The summed E-state index contributed by atoms with van der Waals surface area (Å²) in [6.07, 6.45) is 2.97. The van der Waals surface area contributed by atoms with Crippen molar-refractivity contribution in [2.24, 2.45) is 0 Å². The van der Waals surface area contributed by atoms with E-state index in [4.69, 9.17) is 9.15 Å². The van der Waals surface area contributed by atoms with Gasteiger partial charge < -0.3 is 14.3 Å². The second-order valence-corrected chi connectivity index (χ2v) is 9.15. The van der Waals surface area contributed by atoms with Gasteiger partial charge in [-0.15, -0.1) is 5.56 Å². The standard InChI is InChI=1S/C30H27N2O4.Y/c1-20-6-2-3-7-23(20)28-25(24-12-13-27(33)26(19-31)29(24)36-30(28)34)18-21-8-10-22(11-9-21)35-17-16-32-14-4-5-15-32;/h3,6-13,33H,4-5,14-18H2,1H3;/q-1;. The average Bonchev–Trinajstić information content (AvgIpc) is 3.39. The smallest absolute Gasteiger partial charge is 0.342 e. The van der Waals surface area contributed by atoms with Crippen molar-refractivity contribution in [3.63, 3.8) is 0 Å². The first-order chi connectivity index (χ1) is 17.5. The maximum atomic E-state index is 13.3. The second-order valence-electron chi connectivity index (χ2n) is 9.15. The number of aryl methyl sites for hydroxylation is 1.